The van der Waals surface area contributed by atoms with Crippen LogP contribution < -0.4 is 15.8 Å². The molecular formula is C13H18N2O2. The summed E-state index contributed by atoms with van der Waals surface area (Å²) >= 11 is 0. The highest BCUT2D eigenvalue weighted by Crippen LogP contribution is 2.32. The number of benzene rings is 1. The number of carbonyl (C=O) groups excluding carboxylic acids is 1. The monoisotopic (exact) mass is 234 g/mol. The molecule has 1 heterocycles. The Hall–Kier alpha value is -1.55. The van der Waals surface area contributed by atoms with Crippen LogP contribution in [0.15, 0.2) is 24.3 Å². The summed E-state index contributed by atoms with van der Waals surface area (Å²) in [6.07, 6.45) is 0.927. The van der Waals surface area contributed by atoms with E-state index in [1.165, 1.54) is 5.56 Å². The van der Waals surface area contributed by atoms with Crippen molar-refractivity contribution < 1.29 is 9.53 Å². The van der Waals surface area contributed by atoms with Crippen LogP contribution in [0, 0.1) is 0 Å². The molecule has 1 aliphatic rings. The van der Waals surface area contributed by atoms with Crippen molar-refractivity contribution >= 4 is 5.91 Å². The van der Waals surface area contributed by atoms with Gasteiger partial charge in [-0.25, -0.2) is 0 Å². The topological polar surface area (TPSA) is 64.4 Å². The lowest BCUT2D eigenvalue weighted by Crippen LogP contribution is -2.40. The Morgan fingerprint density at radius 2 is 2.35 bits per heavy atom. The molecule has 0 spiro atoms. The zero-order valence-electron chi connectivity index (χ0n) is 9.98. The summed E-state index contributed by atoms with van der Waals surface area (Å²) in [5.74, 6) is 1.15. The Kier molecular flexibility index (Phi) is 3.64. The Balaban J connectivity index is 2.01. The van der Waals surface area contributed by atoms with Crippen LogP contribution in [0.1, 0.15) is 24.8 Å². The maximum absolute atomic E-state index is 11.4. The standard InChI is InChI=1S/C13H18N2O2/c1-9(14)13(16)15-8-10-6-7-17-12-5-3-2-4-11(10)12/h2-5,9-10H,6-8,14H2,1H3,(H,15,16)/t9-,10?/m1/s1. The van der Waals surface area contributed by atoms with E-state index in [0.29, 0.717) is 19.1 Å². The highest BCUT2D eigenvalue weighted by molar-refractivity contribution is 5.81. The molecule has 1 amide bonds. The number of para-hydroxylation sites is 1. The molecule has 1 aromatic carbocycles. The van der Waals surface area contributed by atoms with Crippen LogP contribution in [0.3, 0.4) is 0 Å². The molecular weight excluding hydrogens is 216 g/mol. The zero-order valence-corrected chi connectivity index (χ0v) is 9.98. The predicted molar refractivity (Wildman–Crippen MR) is 66.0 cm³/mol. The molecule has 1 aromatic rings. The van der Waals surface area contributed by atoms with Gasteiger partial charge in [0, 0.05) is 12.5 Å². The van der Waals surface area contributed by atoms with E-state index >= 15 is 0 Å². The molecule has 0 aliphatic carbocycles. The summed E-state index contributed by atoms with van der Waals surface area (Å²) in [6.45, 7) is 3.02. The molecule has 0 saturated carbocycles. The first-order chi connectivity index (χ1) is 8.18. The molecule has 0 fully saturated rings. The first kappa shape index (κ1) is 11.9. The van der Waals surface area contributed by atoms with E-state index in [2.05, 4.69) is 11.4 Å². The molecule has 4 heteroatoms. The fourth-order valence-electron chi connectivity index (χ4n) is 2.01. The second-order valence-electron chi connectivity index (χ2n) is 4.41. The van der Waals surface area contributed by atoms with Crippen molar-refractivity contribution in [1.29, 1.82) is 0 Å². The number of amides is 1. The van der Waals surface area contributed by atoms with Crippen LogP contribution >= 0.6 is 0 Å². The van der Waals surface area contributed by atoms with E-state index in [9.17, 15) is 4.79 Å². The van der Waals surface area contributed by atoms with E-state index in [1.807, 2.05) is 18.2 Å². The van der Waals surface area contributed by atoms with Gasteiger partial charge in [0.05, 0.1) is 12.6 Å². The summed E-state index contributed by atoms with van der Waals surface area (Å²) < 4.78 is 5.57. The number of rotatable bonds is 3. The number of fused-ring (bicyclic) bond motifs is 1. The van der Waals surface area contributed by atoms with Gasteiger partial charge in [-0.1, -0.05) is 18.2 Å². The van der Waals surface area contributed by atoms with Crippen LogP contribution in [0.4, 0.5) is 0 Å². The minimum Gasteiger partial charge on any atom is -0.493 e. The normalized spacial score (nSPS) is 20.0. The Morgan fingerprint density at radius 1 is 1.59 bits per heavy atom. The molecule has 2 rings (SSSR count). The first-order valence-electron chi connectivity index (χ1n) is 5.93. The number of carbonyl (C=O) groups is 1. The van der Waals surface area contributed by atoms with Crippen molar-refractivity contribution in [3.05, 3.63) is 29.8 Å². The van der Waals surface area contributed by atoms with Crippen LogP contribution in [0.2, 0.25) is 0 Å². The van der Waals surface area contributed by atoms with Gasteiger partial charge in [-0.2, -0.15) is 0 Å². The number of hydrogen-bond acceptors (Lipinski definition) is 3. The van der Waals surface area contributed by atoms with Crippen molar-refractivity contribution in [3.63, 3.8) is 0 Å². The predicted octanol–water partition coefficient (Wildman–Crippen LogP) is 1.02. The van der Waals surface area contributed by atoms with Gasteiger partial charge in [-0.3, -0.25) is 4.79 Å². The first-order valence-corrected chi connectivity index (χ1v) is 5.93. The number of ether oxygens (including phenoxy) is 1. The SMILES string of the molecule is C[C@@H](N)C(=O)NCC1CCOc2ccccc21. The van der Waals surface area contributed by atoms with Crippen molar-refractivity contribution in [2.75, 3.05) is 13.2 Å². The van der Waals surface area contributed by atoms with E-state index < -0.39 is 6.04 Å². The van der Waals surface area contributed by atoms with Gasteiger partial charge in [0.25, 0.3) is 0 Å². The van der Waals surface area contributed by atoms with Gasteiger partial charge in [0.15, 0.2) is 0 Å². The third kappa shape index (κ3) is 2.77. The quantitative estimate of drug-likeness (QED) is 0.820. The largest absolute Gasteiger partial charge is 0.493 e. The molecule has 1 aliphatic heterocycles. The Bertz CT molecular complexity index is 404. The molecule has 2 atom stereocenters. The molecule has 0 aromatic heterocycles. The second kappa shape index (κ2) is 5.19. The molecule has 1 unspecified atom stereocenters. The number of hydrogen-bond donors (Lipinski definition) is 2. The maximum Gasteiger partial charge on any atom is 0.236 e. The van der Waals surface area contributed by atoms with Crippen LogP contribution in [-0.4, -0.2) is 25.1 Å². The lowest BCUT2D eigenvalue weighted by atomic mass is 9.93. The summed E-state index contributed by atoms with van der Waals surface area (Å²) in [5, 5.41) is 2.87. The lowest BCUT2D eigenvalue weighted by molar-refractivity contribution is -0.122. The molecule has 17 heavy (non-hydrogen) atoms. The van der Waals surface area contributed by atoms with Crippen LogP contribution in [0.5, 0.6) is 5.75 Å². The minimum atomic E-state index is -0.454. The lowest BCUT2D eigenvalue weighted by Gasteiger charge is -2.26. The smallest absolute Gasteiger partial charge is 0.236 e. The van der Waals surface area contributed by atoms with Gasteiger partial charge in [-0.15, -0.1) is 0 Å². The summed E-state index contributed by atoms with van der Waals surface area (Å²) in [5.41, 5.74) is 6.68. The van der Waals surface area contributed by atoms with Gasteiger partial charge in [-0.05, 0) is 25.0 Å². The third-order valence-corrected chi connectivity index (χ3v) is 3.02. The van der Waals surface area contributed by atoms with Gasteiger partial charge >= 0.3 is 0 Å². The highest BCUT2D eigenvalue weighted by atomic mass is 16.5. The fraction of sp³-hybridized carbons (Fsp3) is 0.462. The summed E-state index contributed by atoms with van der Waals surface area (Å²) in [4.78, 5) is 11.4. The summed E-state index contributed by atoms with van der Waals surface area (Å²) in [7, 11) is 0. The van der Waals surface area contributed by atoms with Crippen LogP contribution in [0.25, 0.3) is 0 Å². The third-order valence-electron chi connectivity index (χ3n) is 3.02. The van der Waals surface area contributed by atoms with Crippen molar-refractivity contribution in [3.8, 4) is 5.75 Å². The van der Waals surface area contributed by atoms with Gasteiger partial charge in [0.1, 0.15) is 5.75 Å². The Morgan fingerprint density at radius 3 is 3.12 bits per heavy atom. The molecule has 92 valence electrons. The average Bonchev–Trinajstić information content (AvgIpc) is 2.35. The van der Waals surface area contributed by atoms with E-state index in [0.717, 1.165) is 12.2 Å². The van der Waals surface area contributed by atoms with E-state index in [-0.39, 0.29) is 5.91 Å². The Labute approximate surface area is 101 Å². The van der Waals surface area contributed by atoms with Crippen LogP contribution in [-0.2, 0) is 4.79 Å². The molecule has 0 radical (unpaired) electrons. The van der Waals surface area contributed by atoms with Gasteiger partial charge in [0.2, 0.25) is 5.91 Å². The second-order valence-corrected chi connectivity index (χ2v) is 4.41. The molecule has 0 saturated heterocycles. The van der Waals surface area contributed by atoms with Crippen molar-refractivity contribution in [2.24, 2.45) is 5.73 Å². The molecule has 3 N–H and O–H groups in total. The number of nitrogens with one attached hydrogen (secondary N) is 1. The zero-order chi connectivity index (χ0) is 12.3. The van der Waals surface area contributed by atoms with Crippen molar-refractivity contribution in [1.82, 2.24) is 5.32 Å². The van der Waals surface area contributed by atoms with E-state index in [4.69, 9.17) is 10.5 Å². The maximum atomic E-state index is 11.4. The number of nitrogens with two attached hydrogens (primary N) is 1. The molecule has 0 bridgehead atoms. The fourth-order valence-corrected chi connectivity index (χ4v) is 2.01. The highest BCUT2D eigenvalue weighted by Gasteiger charge is 2.21. The van der Waals surface area contributed by atoms with Crippen molar-refractivity contribution in [2.45, 2.75) is 25.3 Å². The molecule has 4 nitrogen and oxygen atoms in total. The minimum absolute atomic E-state index is 0.103. The van der Waals surface area contributed by atoms with E-state index in [1.54, 1.807) is 6.92 Å². The summed E-state index contributed by atoms with van der Waals surface area (Å²) in [6, 6.07) is 7.52. The van der Waals surface area contributed by atoms with Gasteiger partial charge < -0.3 is 15.8 Å². The average molecular weight is 234 g/mol.